The Kier molecular flexibility index (Phi) is 4.50. The molecule has 92 valence electrons. The van der Waals surface area contributed by atoms with Crippen molar-refractivity contribution in [2.24, 2.45) is 5.18 Å². The van der Waals surface area contributed by atoms with Crippen molar-refractivity contribution in [3.8, 4) is 5.75 Å². The molecule has 0 atom stereocenters. The molecule has 7 heteroatoms. The summed E-state index contributed by atoms with van der Waals surface area (Å²) in [6, 6.07) is 3.59. The van der Waals surface area contributed by atoms with Crippen LogP contribution in [0.2, 0.25) is 0 Å². The van der Waals surface area contributed by atoms with Gasteiger partial charge in [-0.05, 0) is 23.4 Å². The maximum atomic E-state index is 11.9. The van der Waals surface area contributed by atoms with E-state index in [4.69, 9.17) is 4.74 Å². The zero-order valence-corrected chi connectivity index (χ0v) is 8.85. The van der Waals surface area contributed by atoms with E-state index in [2.05, 4.69) is 9.91 Å². The van der Waals surface area contributed by atoms with Crippen LogP contribution in [0.15, 0.2) is 23.4 Å². The summed E-state index contributed by atoms with van der Waals surface area (Å²) in [5.74, 6) is -0.750. The predicted octanol–water partition coefficient (Wildman–Crippen LogP) is 2.52. The van der Waals surface area contributed by atoms with E-state index in [1.165, 1.54) is 12.1 Å². The minimum absolute atomic E-state index is 0.0399. The highest BCUT2D eigenvalue weighted by Crippen LogP contribution is 2.25. The summed E-state index contributed by atoms with van der Waals surface area (Å²) < 4.78 is 32.9. The number of benzene rings is 1. The van der Waals surface area contributed by atoms with Crippen LogP contribution in [0.25, 0.3) is 0 Å². The number of rotatable bonds is 5. The Morgan fingerprint density at radius 1 is 1.47 bits per heavy atom. The number of methoxy groups -OCH3 is 1. The molecular weight excluding hydrogens is 236 g/mol. The van der Waals surface area contributed by atoms with Gasteiger partial charge in [0.1, 0.15) is 18.0 Å². The van der Waals surface area contributed by atoms with E-state index >= 15 is 0 Å². The van der Waals surface area contributed by atoms with Gasteiger partial charge < -0.3 is 9.47 Å². The summed E-state index contributed by atoms with van der Waals surface area (Å²) in [6.45, 7) is -0.797. The number of nitrogens with zero attached hydrogens (tertiary/aromatic N) is 1. The first-order valence-corrected chi connectivity index (χ1v) is 4.55. The van der Waals surface area contributed by atoms with E-state index in [1.807, 2.05) is 0 Å². The van der Waals surface area contributed by atoms with Crippen LogP contribution in [0.1, 0.15) is 10.4 Å². The number of alkyl halides is 2. The van der Waals surface area contributed by atoms with Crippen LogP contribution < -0.4 is 4.74 Å². The molecule has 0 N–H and O–H groups in total. The summed E-state index contributed by atoms with van der Waals surface area (Å²) in [5, 5.41) is 2.62. The number of carbonyl (C=O) groups excluding carboxylic acids is 1. The van der Waals surface area contributed by atoms with Crippen molar-refractivity contribution < 1.29 is 23.0 Å². The van der Waals surface area contributed by atoms with Gasteiger partial charge in [-0.2, -0.15) is 0 Å². The molecule has 1 aromatic carbocycles. The number of carbonyl (C=O) groups is 1. The van der Waals surface area contributed by atoms with E-state index in [-0.39, 0.29) is 17.0 Å². The smallest absolute Gasteiger partial charge is 0.340 e. The first-order valence-electron chi connectivity index (χ1n) is 4.55. The van der Waals surface area contributed by atoms with Crippen LogP contribution in [0.5, 0.6) is 5.75 Å². The molecule has 1 aromatic rings. The average molecular weight is 245 g/mol. The van der Waals surface area contributed by atoms with Crippen molar-refractivity contribution in [1.82, 2.24) is 0 Å². The van der Waals surface area contributed by atoms with Gasteiger partial charge in [-0.1, -0.05) is 0 Å². The lowest BCUT2D eigenvalue weighted by Crippen LogP contribution is -2.08. The monoisotopic (exact) mass is 245 g/mol. The Labute approximate surface area is 95.3 Å². The first-order chi connectivity index (χ1) is 8.08. The van der Waals surface area contributed by atoms with Gasteiger partial charge >= 0.3 is 5.97 Å². The molecule has 17 heavy (non-hydrogen) atoms. The number of ether oxygens (including phenoxy) is 2. The standard InChI is InChI=1S/C10H9F2NO4/c1-16-10(14)7-4-6(17-5-9(11)12)2-3-8(7)13-15/h2-4,9H,5H2,1H3. The lowest BCUT2D eigenvalue weighted by atomic mass is 10.2. The van der Waals surface area contributed by atoms with Crippen molar-refractivity contribution in [1.29, 1.82) is 0 Å². The molecule has 0 aromatic heterocycles. The predicted molar refractivity (Wildman–Crippen MR) is 54.7 cm³/mol. The van der Waals surface area contributed by atoms with Crippen LogP contribution >= 0.6 is 0 Å². The summed E-state index contributed by atoms with van der Waals surface area (Å²) in [7, 11) is 1.13. The van der Waals surface area contributed by atoms with E-state index < -0.39 is 19.0 Å². The third-order valence-electron chi connectivity index (χ3n) is 1.85. The molecule has 0 aliphatic carbocycles. The highest BCUT2D eigenvalue weighted by atomic mass is 19.3. The van der Waals surface area contributed by atoms with Crippen LogP contribution in [0.3, 0.4) is 0 Å². The molecule has 0 aliphatic rings. The van der Waals surface area contributed by atoms with Gasteiger partial charge in [0.05, 0.1) is 12.7 Å². The van der Waals surface area contributed by atoms with Crippen LogP contribution in [-0.4, -0.2) is 26.1 Å². The molecule has 0 saturated carbocycles. The fourth-order valence-corrected chi connectivity index (χ4v) is 1.12. The SMILES string of the molecule is COC(=O)c1cc(OCC(F)F)ccc1N=O. The first kappa shape index (κ1) is 13.0. The van der Waals surface area contributed by atoms with E-state index in [1.54, 1.807) is 0 Å². The van der Waals surface area contributed by atoms with Gasteiger partial charge in [-0.25, -0.2) is 13.6 Å². The summed E-state index contributed by atoms with van der Waals surface area (Å²) >= 11 is 0. The highest BCUT2D eigenvalue weighted by molar-refractivity contribution is 5.95. The summed E-state index contributed by atoms with van der Waals surface area (Å²) in [4.78, 5) is 21.7. The van der Waals surface area contributed by atoms with Crippen molar-refractivity contribution in [2.45, 2.75) is 6.43 Å². The molecule has 0 amide bonds. The van der Waals surface area contributed by atoms with Gasteiger partial charge in [0.25, 0.3) is 6.43 Å². The quantitative estimate of drug-likeness (QED) is 0.590. The normalized spacial score (nSPS) is 10.1. The molecule has 0 heterocycles. The fourth-order valence-electron chi connectivity index (χ4n) is 1.12. The summed E-state index contributed by atoms with van der Waals surface area (Å²) in [6.07, 6.45) is -2.62. The van der Waals surface area contributed by atoms with Crippen LogP contribution in [-0.2, 0) is 4.74 Å². The highest BCUT2D eigenvalue weighted by Gasteiger charge is 2.14. The number of nitroso groups, excluding NO2 is 1. The lowest BCUT2D eigenvalue weighted by Gasteiger charge is -2.07. The molecular formula is C10H9F2NO4. The Hall–Kier alpha value is -2.05. The average Bonchev–Trinajstić information content (AvgIpc) is 2.34. The minimum atomic E-state index is -2.62. The Morgan fingerprint density at radius 3 is 2.71 bits per heavy atom. The zero-order chi connectivity index (χ0) is 12.8. The van der Waals surface area contributed by atoms with Gasteiger partial charge in [-0.3, -0.25) is 0 Å². The maximum Gasteiger partial charge on any atom is 0.340 e. The van der Waals surface area contributed by atoms with Crippen molar-refractivity contribution >= 4 is 11.7 Å². The van der Waals surface area contributed by atoms with E-state index in [9.17, 15) is 18.5 Å². The second-order valence-electron chi connectivity index (χ2n) is 2.96. The molecule has 1 rings (SSSR count). The molecule has 0 radical (unpaired) electrons. The molecule has 0 saturated heterocycles. The van der Waals surface area contributed by atoms with Gasteiger partial charge in [-0.15, -0.1) is 4.91 Å². The molecule has 0 bridgehead atoms. The number of esters is 1. The lowest BCUT2D eigenvalue weighted by molar-refractivity contribution is 0.0600. The van der Waals surface area contributed by atoms with Gasteiger partial charge in [0, 0.05) is 0 Å². The molecule has 0 aliphatic heterocycles. The minimum Gasteiger partial charge on any atom is -0.488 e. The number of hydrogen-bond donors (Lipinski definition) is 0. The number of halogens is 2. The third kappa shape index (κ3) is 3.47. The second-order valence-corrected chi connectivity index (χ2v) is 2.96. The molecule has 5 nitrogen and oxygen atoms in total. The van der Waals surface area contributed by atoms with Crippen molar-refractivity contribution in [3.05, 3.63) is 28.7 Å². The third-order valence-corrected chi connectivity index (χ3v) is 1.85. The fraction of sp³-hybridized carbons (Fsp3) is 0.300. The van der Waals surface area contributed by atoms with Gasteiger partial charge in [0.2, 0.25) is 0 Å². The van der Waals surface area contributed by atoms with E-state index in [0.29, 0.717) is 0 Å². The topological polar surface area (TPSA) is 65.0 Å². The largest absolute Gasteiger partial charge is 0.488 e. The molecule has 0 fully saturated rings. The zero-order valence-electron chi connectivity index (χ0n) is 8.85. The molecule has 0 spiro atoms. The van der Waals surface area contributed by atoms with Crippen molar-refractivity contribution in [2.75, 3.05) is 13.7 Å². The Bertz CT molecular complexity index is 423. The second kappa shape index (κ2) is 5.88. The van der Waals surface area contributed by atoms with Crippen LogP contribution in [0.4, 0.5) is 14.5 Å². The number of hydrogen-bond acceptors (Lipinski definition) is 5. The maximum absolute atomic E-state index is 11.9. The van der Waals surface area contributed by atoms with Crippen molar-refractivity contribution in [3.63, 3.8) is 0 Å². The molecule has 0 unspecified atom stereocenters. The Morgan fingerprint density at radius 2 is 2.18 bits per heavy atom. The summed E-state index contributed by atoms with van der Waals surface area (Å²) in [5.41, 5.74) is -0.268. The van der Waals surface area contributed by atoms with Crippen LogP contribution in [0, 0.1) is 4.91 Å². The van der Waals surface area contributed by atoms with Gasteiger partial charge in [0.15, 0.2) is 0 Å². The Balaban J connectivity index is 2.96. The van der Waals surface area contributed by atoms with E-state index in [0.717, 1.165) is 13.2 Å².